The van der Waals surface area contributed by atoms with Crippen LogP contribution in [0.4, 0.5) is 0 Å². The van der Waals surface area contributed by atoms with Gasteiger partial charge in [-0.05, 0) is 0 Å². The van der Waals surface area contributed by atoms with Crippen molar-refractivity contribution >= 4 is 65.7 Å². The third-order valence-corrected chi connectivity index (χ3v) is 19.3. The summed E-state index contributed by atoms with van der Waals surface area (Å²) in [6.07, 6.45) is 6.29. The molecule has 0 saturated carbocycles. The topological polar surface area (TPSA) is 92.8 Å². The molecule has 1 atom stereocenters. The van der Waals surface area contributed by atoms with E-state index in [9.17, 15) is 19.2 Å². The van der Waals surface area contributed by atoms with Gasteiger partial charge in [-0.2, -0.15) is 0 Å². The molecule has 1 aliphatic heterocycles. The monoisotopic (exact) mass is 612 g/mol. The molecule has 0 aromatic heterocycles. The molecule has 3 amide bonds. The number of amides is 3. The van der Waals surface area contributed by atoms with E-state index in [1.807, 2.05) is 13.8 Å². The second-order valence-corrected chi connectivity index (χ2v) is 21.4. The molecule has 0 aromatic rings. The van der Waals surface area contributed by atoms with Crippen molar-refractivity contribution in [3.05, 3.63) is 10.1 Å². The first kappa shape index (κ1) is 30.2. The molecule has 0 aromatic carbocycles. The van der Waals surface area contributed by atoms with Crippen molar-refractivity contribution in [3.63, 3.8) is 0 Å². The van der Waals surface area contributed by atoms with Crippen LogP contribution in [-0.2, 0) is 22.3 Å². The summed E-state index contributed by atoms with van der Waals surface area (Å²) in [5.74, 6) is -2.89. The number of nitrogens with zero attached hydrogens (tertiary/aromatic N) is 1. The van der Waals surface area contributed by atoms with E-state index >= 15 is 0 Å². The third kappa shape index (κ3) is 8.73. The summed E-state index contributed by atoms with van der Waals surface area (Å²) in [7, 11) is 0. The van der Waals surface area contributed by atoms with Crippen molar-refractivity contribution in [1.29, 1.82) is 0 Å². The second kappa shape index (κ2) is 14.6. The molecule has 1 N–H and O–H groups in total. The Bertz CT molecular complexity index is 711. The third-order valence-electron chi connectivity index (χ3n) is 5.87. The molecule has 1 rings (SSSR count). The number of carbonyl (C=O) groups excluding carboxylic acids is 4. The minimum absolute atomic E-state index is 0.218. The maximum absolute atomic E-state index is 13.3. The predicted octanol–water partition coefficient (Wildman–Crippen LogP) is 5.07. The van der Waals surface area contributed by atoms with Gasteiger partial charge in [-0.15, -0.1) is 0 Å². The number of rotatable bonds is 15. The molecule has 1 heterocycles. The summed E-state index contributed by atoms with van der Waals surface area (Å²) < 4.78 is 9.36. The van der Waals surface area contributed by atoms with E-state index in [2.05, 4.69) is 26.1 Å². The zero-order chi connectivity index (χ0) is 25.2. The van der Waals surface area contributed by atoms with Crippen molar-refractivity contribution in [1.82, 2.24) is 10.2 Å². The predicted molar refractivity (Wildman–Crippen MR) is 133 cm³/mol. The van der Waals surface area contributed by atoms with Crippen LogP contribution in [0.1, 0.15) is 73.1 Å². The normalized spacial score (nSPS) is 15.5. The van der Waals surface area contributed by atoms with E-state index in [0.29, 0.717) is 4.90 Å². The van der Waals surface area contributed by atoms with Gasteiger partial charge in [-0.1, -0.05) is 0 Å². The van der Waals surface area contributed by atoms with Crippen molar-refractivity contribution in [2.24, 2.45) is 5.92 Å². The number of unbranched alkanes of at least 4 members (excludes halogenated alkanes) is 3. The van der Waals surface area contributed by atoms with Crippen molar-refractivity contribution in [3.8, 4) is 0 Å². The van der Waals surface area contributed by atoms with Gasteiger partial charge >= 0.3 is 213 Å². The number of carbonyl (C=O) groups is 4. The Morgan fingerprint density at radius 1 is 0.909 bits per heavy atom. The first-order valence-corrected chi connectivity index (χ1v) is 19.9. The van der Waals surface area contributed by atoms with Crippen molar-refractivity contribution < 1.29 is 22.3 Å². The molecule has 0 aliphatic carbocycles. The zero-order valence-electron chi connectivity index (χ0n) is 20.5. The van der Waals surface area contributed by atoms with E-state index in [1.54, 1.807) is 0 Å². The standard InChI is InChI=1S/C11H12Cl2N2O5.3C4H9.Sn/c1-4(2)8(11(19)20)14-5(16)3-15-9(17)6(12)7(13)10(15)18;3*1-3-4-2;/h4,8H,3H2,1-2H3,(H,14,16)(H,19,20);3*1,3-4H2,2H3;/q;;;;+1/p-1. The average molecular weight is 612 g/mol. The molecule has 33 heavy (non-hydrogen) atoms. The number of hydrogen-bond donors (Lipinski definition) is 1. The second-order valence-electron chi connectivity index (χ2n) is 9.03. The summed E-state index contributed by atoms with van der Waals surface area (Å²) in [4.78, 5) is 50.8. The molecule has 1 unspecified atom stereocenters. The Morgan fingerprint density at radius 2 is 1.33 bits per heavy atom. The van der Waals surface area contributed by atoms with Crippen molar-refractivity contribution in [2.45, 2.75) is 92.5 Å². The summed E-state index contributed by atoms with van der Waals surface area (Å²) >= 11 is 8.23. The fraction of sp³-hybridized carbons (Fsp3) is 0.739. The molecule has 0 bridgehead atoms. The molecule has 0 spiro atoms. The summed E-state index contributed by atoms with van der Waals surface area (Å²) in [5.41, 5.74) is 0. The zero-order valence-corrected chi connectivity index (χ0v) is 24.8. The fourth-order valence-electron chi connectivity index (χ4n) is 3.82. The Morgan fingerprint density at radius 3 is 1.70 bits per heavy atom. The van der Waals surface area contributed by atoms with Gasteiger partial charge in [0.2, 0.25) is 0 Å². The molecule has 0 saturated heterocycles. The molecule has 0 radical (unpaired) electrons. The first-order valence-electron chi connectivity index (χ1n) is 12.0. The van der Waals surface area contributed by atoms with E-state index in [0.717, 1.165) is 51.8 Å². The number of hydrogen-bond acceptors (Lipinski definition) is 5. The summed E-state index contributed by atoms with van der Waals surface area (Å²) in [5, 5.41) is 1.86. The fourth-order valence-corrected chi connectivity index (χ4v) is 17.3. The van der Waals surface area contributed by atoms with Crippen LogP contribution >= 0.6 is 23.2 Å². The molecular weight excluding hydrogens is 574 g/mol. The van der Waals surface area contributed by atoms with Crippen LogP contribution in [0.5, 0.6) is 0 Å². The molecule has 1 aliphatic rings. The minimum atomic E-state index is -3.22. The van der Waals surface area contributed by atoms with E-state index < -0.39 is 65.1 Å². The molecule has 10 heteroatoms. The Balaban J connectivity index is 2.96. The van der Waals surface area contributed by atoms with Crippen LogP contribution in [0.25, 0.3) is 0 Å². The maximum atomic E-state index is 13.3. The van der Waals surface area contributed by atoms with Crippen LogP contribution in [0.3, 0.4) is 0 Å². The summed E-state index contributed by atoms with van der Waals surface area (Å²) in [6.45, 7) is 9.52. The molecule has 7 nitrogen and oxygen atoms in total. The van der Waals surface area contributed by atoms with Gasteiger partial charge in [0, 0.05) is 0 Å². The van der Waals surface area contributed by atoms with Crippen LogP contribution < -0.4 is 5.32 Å². The summed E-state index contributed by atoms with van der Waals surface area (Å²) in [6, 6.07) is -0.856. The van der Waals surface area contributed by atoms with Crippen LogP contribution in [0.15, 0.2) is 10.1 Å². The van der Waals surface area contributed by atoms with E-state index in [1.165, 1.54) is 0 Å². The van der Waals surface area contributed by atoms with Crippen LogP contribution in [-0.4, -0.2) is 60.0 Å². The van der Waals surface area contributed by atoms with E-state index in [-0.39, 0.29) is 5.92 Å². The molecule has 188 valence electrons. The Labute approximate surface area is 212 Å². The molecular formula is C23H38Cl2N2O5Sn. The Kier molecular flexibility index (Phi) is 13.3. The van der Waals surface area contributed by atoms with Crippen molar-refractivity contribution in [2.75, 3.05) is 6.54 Å². The van der Waals surface area contributed by atoms with Gasteiger partial charge in [0.25, 0.3) is 0 Å². The number of nitrogens with one attached hydrogen (secondary N) is 1. The number of imide groups is 1. The van der Waals surface area contributed by atoms with Gasteiger partial charge in [0.05, 0.1) is 0 Å². The Hall–Kier alpha value is -0.801. The average Bonchev–Trinajstić information content (AvgIpc) is 2.95. The van der Waals surface area contributed by atoms with Crippen LogP contribution in [0.2, 0.25) is 13.3 Å². The SMILES string of the molecule is CCC[CH2][Sn]([CH2]CCC)([CH2]CCC)[O]C(=O)C(NC(=O)CN1C(=O)C(Cl)=C(Cl)C1=O)C(C)C. The molecule has 0 fully saturated rings. The van der Waals surface area contributed by atoms with E-state index in [4.69, 9.17) is 26.3 Å². The van der Waals surface area contributed by atoms with Gasteiger partial charge < -0.3 is 0 Å². The number of halogens is 2. The van der Waals surface area contributed by atoms with Gasteiger partial charge in [-0.3, -0.25) is 0 Å². The quantitative estimate of drug-likeness (QED) is 0.206. The first-order chi connectivity index (χ1) is 15.5. The van der Waals surface area contributed by atoms with Gasteiger partial charge in [-0.25, -0.2) is 0 Å². The van der Waals surface area contributed by atoms with Gasteiger partial charge in [0.15, 0.2) is 0 Å². The van der Waals surface area contributed by atoms with Gasteiger partial charge in [0.1, 0.15) is 0 Å². The van der Waals surface area contributed by atoms with Crippen LogP contribution in [0, 0.1) is 5.92 Å².